The smallest absolute Gasteiger partial charge is 0.172 e. The average Bonchev–Trinajstić information content (AvgIpc) is 3.06. The molecule has 6 nitrogen and oxygen atoms in total. The summed E-state index contributed by atoms with van der Waals surface area (Å²) in [5, 5.41) is 12.1. The number of fused-ring (bicyclic) bond motifs is 1. The van der Waals surface area contributed by atoms with Gasteiger partial charge >= 0.3 is 0 Å². The van der Waals surface area contributed by atoms with Crippen LogP contribution in [-0.4, -0.2) is 34.5 Å². The van der Waals surface area contributed by atoms with Crippen molar-refractivity contribution >= 4 is 45.2 Å². The first-order valence-electron chi connectivity index (χ1n) is 8.04. The molecule has 1 aromatic carbocycles. The molecule has 2 aromatic heterocycles. The van der Waals surface area contributed by atoms with Gasteiger partial charge in [0, 0.05) is 23.2 Å². The summed E-state index contributed by atoms with van der Waals surface area (Å²) in [5.41, 5.74) is 3.44. The molecule has 0 spiro atoms. The van der Waals surface area contributed by atoms with Gasteiger partial charge in [-0.1, -0.05) is 41.5 Å². The van der Waals surface area contributed by atoms with Crippen LogP contribution in [0, 0.1) is 0 Å². The molecular formula is C19H17BrClN5O. The maximum Gasteiger partial charge on any atom is 0.172 e. The van der Waals surface area contributed by atoms with Gasteiger partial charge in [-0.05, 0) is 39.7 Å². The van der Waals surface area contributed by atoms with Gasteiger partial charge in [-0.3, -0.25) is 0 Å². The molecule has 0 unspecified atom stereocenters. The first kappa shape index (κ1) is 19.1. The molecule has 0 aliphatic rings. The van der Waals surface area contributed by atoms with Crippen molar-refractivity contribution in [2.75, 3.05) is 19.0 Å². The summed E-state index contributed by atoms with van der Waals surface area (Å²) >= 11 is 9.50. The van der Waals surface area contributed by atoms with Crippen molar-refractivity contribution < 1.29 is 4.84 Å². The van der Waals surface area contributed by atoms with Crippen molar-refractivity contribution in [2.24, 2.45) is 5.16 Å². The summed E-state index contributed by atoms with van der Waals surface area (Å²) < 4.78 is 2.56. The van der Waals surface area contributed by atoms with Gasteiger partial charge in [-0.25, -0.2) is 4.98 Å². The predicted molar refractivity (Wildman–Crippen MR) is 113 cm³/mol. The van der Waals surface area contributed by atoms with Crippen LogP contribution in [0.15, 0.2) is 70.5 Å². The van der Waals surface area contributed by atoms with Crippen LogP contribution in [0.2, 0.25) is 5.02 Å². The van der Waals surface area contributed by atoms with Gasteiger partial charge in [0.1, 0.15) is 12.9 Å². The van der Waals surface area contributed by atoms with Crippen LogP contribution >= 0.6 is 27.5 Å². The van der Waals surface area contributed by atoms with Crippen LogP contribution in [0.25, 0.3) is 16.9 Å². The topological polar surface area (TPSA) is 63.8 Å². The molecule has 0 amide bonds. The third-order valence-corrected chi connectivity index (χ3v) is 4.57. The molecule has 0 aliphatic heterocycles. The van der Waals surface area contributed by atoms with E-state index in [0.29, 0.717) is 11.6 Å². The van der Waals surface area contributed by atoms with Gasteiger partial charge in [0.05, 0.1) is 22.6 Å². The van der Waals surface area contributed by atoms with Gasteiger partial charge < -0.3 is 10.2 Å². The van der Waals surface area contributed by atoms with E-state index in [1.807, 2.05) is 36.4 Å². The Balaban J connectivity index is 1.96. The quantitative estimate of drug-likeness (QED) is 0.316. The molecule has 2 heterocycles. The fourth-order valence-corrected chi connectivity index (χ4v) is 2.88. The molecule has 3 aromatic rings. The van der Waals surface area contributed by atoms with Crippen molar-refractivity contribution in [3.8, 4) is 11.3 Å². The standard InChI is InChI=1S/C19H17BrClN5O/c1-3-13(8-9-24-27-2)11-22-18-10-17(14-4-6-15(21)7-5-14)25-19-16(20)12-23-26(18)19/h3-10,12,22H,1,11H2,2H3/b13-8+,24-9+. The van der Waals surface area contributed by atoms with Crippen molar-refractivity contribution in [1.29, 1.82) is 0 Å². The number of allylic oxidation sites excluding steroid dienone is 1. The van der Waals surface area contributed by atoms with Crippen LogP contribution < -0.4 is 5.32 Å². The Morgan fingerprint density at radius 2 is 2.19 bits per heavy atom. The van der Waals surface area contributed by atoms with E-state index in [1.165, 1.54) is 7.11 Å². The lowest BCUT2D eigenvalue weighted by atomic mass is 10.1. The molecule has 1 N–H and O–H groups in total. The minimum atomic E-state index is 0.538. The third kappa shape index (κ3) is 4.56. The van der Waals surface area contributed by atoms with Crippen LogP contribution in [-0.2, 0) is 4.84 Å². The number of nitrogens with one attached hydrogen (secondary N) is 1. The Labute approximate surface area is 170 Å². The van der Waals surface area contributed by atoms with E-state index in [2.05, 4.69) is 42.9 Å². The highest BCUT2D eigenvalue weighted by atomic mass is 79.9. The zero-order valence-corrected chi connectivity index (χ0v) is 16.9. The molecule has 0 bridgehead atoms. The summed E-state index contributed by atoms with van der Waals surface area (Å²) in [7, 11) is 1.50. The Kier molecular flexibility index (Phi) is 6.26. The largest absolute Gasteiger partial charge is 0.399 e. The highest BCUT2D eigenvalue weighted by molar-refractivity contribution is 9.10. The first-order valence-corrected chi connectivity index (χ1v) is 9.21. The van der Waals surface area contributed by atoms with Crippen LogP contribution in [0.3, 0.4) is 0 Å². The zero-order valence-electron chi connectivity index (χ0n) is 14.6. The number of benzene rings is 1. The molecule has 0 fully saturated rings. The number of oxime groups is 1. The maximum atomic E-state index is 6.00. The minimum Gasteiger partial charge on any atom is -0.399 e. The second kappa shape index (κ2) is 8.83. The number of aromatic nitrogens is 3. The lowest BCUT2D eigenvalue weighted by Crippen LogP contribution is -2.09. The Bertz CT molecular complexity index is 1010. The Hall–Kier alpha value is -2.64. The number of hydrogen-bond acceptors (Lipinski definition) is 5. The summed E-state index contributed by atoms with van der Waals surface area (Å²) in [6, 6.07) is 9.50. The monoisotopic (exact) mass is 445 g/mol. The average molecular weight is 447 g/mol. The summed E-state index contributed by atoms with van der Waals surface area (Å²) in [6.45, 7) is 4.36. The van der Waals surface area contributed by atoms with Gasteiger partial charge in [-0.2, -0.15) is 9.61 Å². The van der Waals surface area contributed by atoms with Crippen LogP contribution in [0.4, 0.5) is 5.82 Å². The minimum absolute atomic E-state index is 0.538. The van der Waals surface area contributed by atoms with Gasteiger partial charge in [-0.15, -0.1) is 0 Å². The van der Waals surface area contributed by atoms with Crippen molar-refractivity contribution in [3.63, 3.8) is 0 Å². The van der Waals surface area contributed by atoms with Crippen molar-refractivity contribution in [1.82, 2.24) is 14.6 Å². The van der Waals surface area contributed by atoms with E-state index in [1.54, 1.807) is 23.0 Å². The van der Waals surface area contributed by atoms with E-state index in [4.69, 9.17) is 16.6 Å². The normalized spacial score (nSPS) is 11.9. The van der Waals surface area contributed by atoms with E-state index in [9.17, 15) is 0 Å². The van der Waals surface area contributed by atoms with E-state index < -0.39 is 0 Å². The molecule has 8 heteroatoms. The molecule has 3 rings (SSSR count). The highest BCUT2D eigenvalue weighted by Crippen LogP contribution is 2.26. The number of halogens is 2. The molecule has 138 valence electrons. The highest BCUT2D eigenvalue weighted by Gasteiger charge is 2.11. The number of hydrogen-bond donors (Lipinski definition) is 1. The second-order valence-electron chi connectivity index (χ2n) is 5.50. The third-order valence-electron chi connectivity index (χ3n) is 3.76. The molecule has 27 heavy (non-hydrogen) atoms. The lowest BCUT2D eigenvalue weighted by molar-refractivity contribution is 0.215. The Morgan fingerprint density at radius 3 is 2.89 bits per heavy atom. The first-order chi connectivity index (χ1) is 13.1. The second-order valence-corrected chi connectivity index (χ2v) is 6.79. The number of rotatable bonds is 7. The van der Waals surface area contributed by atoms with Gasteiger partial charge in [0.25, 0.3) is 0 Å². The van der Waals surface area contributed by atoms with Crippen molar-refractivity contribution in [2.45, 2.75) is 0 Å². The van der Waals surface area contributed by atoms with E-state index >= 15 is 0 Å². The maximum absolute atomic E-state index is 6.00. The summed E-state index contributed by atoms with van der Waals surface area (Å²) in [5.74, 6) is 0.798. The summed E-state index contributed by atoms with van der Waals surface area (Å²) in [6.07, 6.45) is 6.87. The Morgan fingerprint density at radius 1 is 1.41 bits per heavy atom. The number of nitrogens with zero attached hydrogens (tertiary/aromatic N) is 4. The summed E-state index contributed by atoms with van der Waals surface area (Å²) in [4.78, 5) is 9.37. The van der Waals surface area contributed by atoms with Crippen LogP contribution in [0.1, 0.15) is 0 Å². The predicted octanol–water partition coefficient (Wildman–Crippen LogP) is 4.97. The van der Waals surface area contributed by atoms with E-state index in [-0.39, 0.29) is 0 Å². The fourth-order valence-electron chi connectivity index (χ4n) is 2.41. The van der Waals surface area contributed by atoms with Gasteiger partial charge in [0.2, 0.25) is 0 Å². The number of anilines is 1. The molecule has 0 atom stereocenters. The molecule has 0 saturated heterocycles. The fraction of sp³-hybridized carbons (Fsp3) is 0.105. The van der Waals surface area contributed by atoms with E-state index in [0.717, 1.165) is 32.8 Å². The molecule has 0 radical (unpaired) electrons. The van der Waals surface area contributed by atoms with Crippen molar-refractivity contribution in [3.05, 3.63) is 70.3 Å². The van der Waals surface area contributed by atoms with Gasteiger partial charge in [0.15, 0.2) is 5.65 Å². The molecule has 0 aliphatic carbocycles. The van der Waals surface area contributed by atoms with Crippen LogP contribution in [0.5, 0.6) is 0 Å². The molecule has 0 saturated carbocycles. The lowest BCUT2D eigenvalue weighted by Gasteiger charge is -2.11. The SMILES string of the molecule is C=C/C(=C\C=N\OC)CNc1cc(-c2ccc(Cl)cc2)nc2c(Br)cnn12. The molecular weight excluding hydrogens is 430 g/mol. The zero-order chi connectivity index (χ0) is 19.2.